The number of carbonyl (C=O) groups excluding carboxylic acids is 4. The van der Waals surface area contributed by atoms with Crippen molar-refractivity contribution in [3.63, 3.8) is 0 Å². The van der Waals surface area contributed by atoms with Gasteiger partial charge < -0.3 is 38.6 Å². The third kappa shape index (κ3) is 36.3. The van der Waals surface area contributed by atoms with Crippen molar-refractivity contribution in [2.24, 2.45) is 11.3 Å². The number of benzene rings is 4. The van der Waals surface area contributed by atoms with E-state index >= 15 is 0 Å². The van der Waals surface area contributed by atoms with E-state index in [1.165, 1.54) is 5.56 Å². The molecule has 4 rings (SSSR count). The van der Waals surface area contributed by atoms with Crippen molar-refractivity contribution in [2.45, 2.75) is 171 Å². The first-order valence-electron chi connectivity index (χ1n) is 27.4. The molecular formula is C64H88F6O14. The van der Waals surface area contributed by atoms with Crippen LogP contribution in [0.2, 0.25) is 0 Å². The maximum Gasteiger partial charge on any atom is 0.392 e. The van der Waals surface area contributed by atoms with Crippen molar-refractivity contribution in [1.29, 1.82) is 0 Å². The van der Waals surface area contributed by atoms with E-state index in [1.54, 1.807) is 44.2 Å². The lowest BCUT2D eigenvalue weighted by atomic mass is 9.90. The molecule has 0 aliphatic carbocycles. The Morgan fingerprint density at radius 3 is 1.33 bits per heavy atom. The molecule has 0 saturated carbocycles. The molecule has 0 fully saturated rings. The Morgan fingerprint density at radius 2 is 0.988 bits per heavy atom. The van der Waals surface area contributed by atoms with Gasteiger partial charge in [-0.15, -0.1) is 0 Å². The van der Waals surface area contributed by atoms with E-state index in [0.29, 0.717) is 23.0 Å². The number of esters is 4. The molecule has 0 aliphatic rings. The first kappa shape index (κ1) is 78.7. The van der Waals surface area contributed by atoms with E-state index in [2.05, 4.69) is 55.2 Å². The van der Waals surface area contributed by atoms with Gasteiger partial charge in [0.25, 0.3) is 0 Å². The summed E-state index contributed by atoms with van der Waals surface area (Å²) in [5.74, 6) is -2.54. The molecule has 0 spiro atoms. The Hall–Kier alpha value is -7.38. The second-order valence-corrected chi connectivity index (χ2v) is 21.0. The van der Waals surface area contributed by atoms with Crippen LogP contribution in [0, 0.1) is 11.3 Å². The normalized spacial score (nSPS) is 11.8. The van der Waals surface area contributed by atoms with Crippen molar-refractivity contribution >= 4 is 63.4 Å². The van der Waals surface area contributed by atoms with Crippen molar-refractivity contribution < 1.29 is 93.7 Å². The zero-order valence-electron chi connectivity index (χ0n) is 51.2. The van der Waals surface area contributed by atoms with Crippen LogP contribution in [0.5, 0.6) is 11.5 Å². The van der Waals surface area contributed by atoms with Crippen molar-refractivity contribution in [3.8, 4) is 11.5 Å². The smallest absolute Gasteiger partial charge is 0.392 e. The molecule has 2 unspecified atom stereocenters. The minimum atomic E-state index is -4.34. The highest BCUT2D eigenvalue weighted by Crippen LogP contribution is 2.29. The average Bonchev–Trinajstić information content (AvgIpc) is 3.64. The molecule has 470 valence electrons. The molecule has 2 N–H and O–H groups in total. The van der Waals surface area contributed by atoms with Gasteiger partial charge in [0.1, 0.15) is 35.9 Å². The number of rotatable bonds is 23. The van der Waals surface area contributed by atoms with Crippen LogP contribution in [-0.4, -0.2) is 96.0 Å². The van der Waals surface area contributed by atoms with Crippen LogP contribution in [-0.2, 0) is 47.7 Å². The van der Waals surface area contributed by atoms with E-state index < -0.39 is 75.5 Å². The van der Waals surface area contributed by atoms with Gasteiger partial charge in [-0.05, 0) is 149 Å². The molecule has 20 heteroatoms. The Balaban J connectivity index is 0. The van der Waals surface area contributed by atoms with Gasteiger partial charge in [0, 0.05) is 11.6 Å². The zero-order chi connectivity index (χ0) is 65.2. The predicted octanol–water partition coefficient (Wildman–Crippen LogP) is 16.4. The summed E-state index contributed by atoms with van der Waals surface area (Å²) in [4.78, 5) is 64.6. The minimum Gasteiger partial charge on any atom is -0.482 e. The van der Waals surface area contributed by atoms with Gasteiger partial charge in [-0.3, -0.25) is 9.59 Å². The fourth-order valence-corrected chi connectivity index (χ4v) is 5.45. The minimum absolute atomic E-state index is 0.0955. The summed E-state index contributed by atoms with van der Waals surface area (Å²) in [6.07, 6.45) is -4.19. The van der Waals surface area contributed by atoms with E-state index in [1.807, 2.05) is 106 Å². The van der Waals surface area contributed by atoms with Crippen LogP contribution < -0.4 is 9.47 Å². The molecule has 2 atom stereocenters. The van der Waals surface area contributed by atoms with Crippen LogP contribution >= 0.6 is 0 Å². The summed E-state index contributed by atoms with van der Waals surface area (Å²) in [5, 5.41) is 19.7. The molecule has 84 heavy (non-hydrogen) atoms. The van der Waals surface area contributed by atoms with Gasteiger partial charge in [-0.25, -0.2) is 19.2 Å². The molecule has 0 radical (unpaired) electrons. The van der Waals surface area contributed by atoms with Crippen LogP contribution in [0.25, 0.3) is 27.6 Å². The third-order valence-electron chi connectivity index (χ3n) is 12.5. The molecule has 0 aromatic heterocycles. The fourth-order valence-electron chi connectivity index (χ4n) is 5.45. The highest BCUT2D eigenvalue weighted by atomic mass is 19.4. The molecule has 0 heterocycles. The number of aliphatic carboxylic acids is 2. The van der Waals surface area contributed by atoms with Gasteiger partial charge >= 0.3 is 48.2 Å². The molecule has 0 bridgehead atoms. The van der Waals surface area contributed by atoms with E-state index in [0.717, 1.165) is 65.3 Å². The second-order valence-electron chi connectivity index (χ2n) is 21.0. The topological polar surface area (TPSA) is 198 Å². The molecular weight excluding hydrogens is 1110 g/mol. The molecule has 4 aromatic rings. The zero-order valence-corrected chi connectivity index (χ0v) is 51.2. The summed E-state index contributed by atoms with van der Waals surface area (Å²) in [5.41, 5.74) is 1.65. The third-order valence-corrected chi connectivity index (χ3v) is 12.5. The number of ether oxygens (including phenoxy) is 6. The molecule has 0 aliphatic heterocycles. The summed E-state index contributed by atoms with van der Waals surface area (Å²) in [6, 6.07) is 22.6. The number of hydrogen-bond acceptors (Lipinski definition) is 12. The summed E-state index contributed by atoms with van der Waals surface area (Å²) in [6.45, 7) is 34.9. The fraction of sp³-hybridized carbons (Fsp3) is 0.500. The number of carboxylic acids is 2. The first-order valence-corrected chi connectivity index (χ1v) is 27.4. The van der Waals surface area contributed by atoms with Gasteiger partial charge in [-0.2, -0.15) is 26.3 Å². The number of carboxylic acid groups (broad SMARTS) is 2. The number of fused-ring (bicyclic) bond motifs is 2. The quantitative estimate of drug-likeness (QED) is 0.0308. The number of alkyl halides is 6. The van der Waals surface area contributed by atoms with Gasteiger partial charge in [0.05, 0.1) is 24.2 Å². The van der Waals surface area contributed by atoms with Crippen molar-refractivity contribution in [2.75, 3.05) is 26.4 Å². The molecule has 4 aromatic carbocycles. The van der Waals surface area contributed by atoms with Gasteiger partial charge in [0.2, 0.25) is 0 Å². The number of hydrogen-bond donors (Lipinski definition) is 2. The standard InChI is InChI=1S/C19H21F3O3.C17H15F3O3.C11H22O2.C9H16O2.C5H10O2.C3H4O2/c1-3-13(2)14-4-5-16-11-17(7-6-15(16)10-14)25-12-18(23)24-9-8-19(20,21)22;1-2-12-3-4-14-10-15(6-5-13(14)9-12)23-11-16(21)22-8-7-17(18,19)20;1-7-10(3,4)9(12)13-11(5,6)8-2;1-6-9(4,5)11-8(10)7(2)3;1-3-4(2)5(6)7;1-2-3(4)5/h4-7,10-11,13H,3,8-9,12H2,1-2H3;2-6,9-10H,1,7-8,11H2;7-8H2,1-6H3;2,6H2,1,3-5H3;4H,3H2,1-2H3,(H,6,7);2H,1H2,(H,4,5). The molecule has 0 amide bonds. The lowest BCUT2D eigenvalue weighted by molar-refractivity contribution is -0.168. The lowest BCUT2D eigenvalue weighted by Gasteiger charge is -2.29. The van der Waals surface area contributed by atoms with E-state index in [-0.39, 0.29) is 34.5 Å². The number of halogens is 6. The van der Waals surface area contributed by atoms with E-state index in [4.69, 9.17) is 29.2 Å². The summed E-state index contributed by atoms with van der Waals surface area (Å²) >= 11 is 0. The van der Waals surface area contributed by atoms with Crippen molar-refractivity contribution in [1.82, 2.24) is 0 Å². The van der Waals surface area contributed by atoms with Crippen LogP contribution in [0.1, 0.15) is 159 Å². The Morgan fingerprint density at radius 1 is 0.583 bits per heavy atom. The summed E-state index contributed by atoms with van der Waals surface area (Å²) < 4.78 is 102. The highest BCUT2D eigenvalue weighted by molar-refractivity contribution is 5.88. The first-order chi connectivity index (χ1) is 38.7. The summed E-state index contributed by atoms with van der Waals surface area (Å²) in [7, 11) is 0. The van der Waals surface area contributed by atoms with E-state index in [9.17, 15) is 55.1 Å². The molecule has 0 saturated heterocycles. The Bertz CT molecular complexity index is 2730. The van der Waals surface area contributed by atoms with Gasteiger partial charge in [-0.1, -0.05) is 117 Å². The Kier molecular flexibility index (Phi) is 36.0. The maximum atomic E-state index is 12.0. The average molecular weight is 1200 g/mol. The number of carbonyl (C=O) groups is 6. The molecule has 14 nitrogen and oxygen atoms in total. The Labute approximate surface area is 491 Å². The van der Waals surface area contributed by atoms with Crippen LogP contribution in [0.3, 0.4) is 0 Å². The van der Waals surface area contributed by atoms with Crippen LogP contribution in [0.4, 0.5) is 26.3 Å². The van der Waals surface area contributed by atoms with Crippen molar-refractivity contribution in [3.05, 3.63) is 115 Å². The maximum absolute atomic E-state index is 12.0. The SMILES string of the molecule is C=C(C)C(=O)OC(C)(C)CC.C=CC(=O)O.C=Cc1ccc2cc(OCC(=O)OCCC(F)(F)F)ccc2c1.CCC(C)(C)OC(=O)C(C)(C)CC.CCC(C)C(=O)O.CCC(C)c1ccc2cc(OCC(=O)OCCC(F)(F)F)ccc2c1. The second kappa shape index (κ2) is 38.5. The largest absolute Gasteiger partial charge is 0.482 e. The monoisotopic (exact) mass is 1190 g/mol. The van der Waals surface area contributed by atoms with Gasteiger partial charge in [0.15, 0.2) is 13.2 Å². The lowest BCUT2D eigenvalue weighted by Crippen LogP contribution is -2.34. The predicted molar refractivity (Wildman–Crippen MR) is 316 cm³/mol. The highest BCUT2D eigenvalue weighted by Gasteiger charge is 2.32. The van der Waals surface area contributed by atoms with Crippen LogP contribution in [0.15, 0.2) is 104 Å².